The highest BCUT2D eigenvalue weighted by molar-refractivity contribution is 7.19. The molecule has 164 valence electrons. The van der Waals surface area contributed by atoms with E-state index >= 15 is 0 Å². The Hall–Kier alpha value is -2.71. The van der Waals surface area contributed by atoms with Gasteiger partial charge in [-0.15, -0.1) is 0 Å². The van der Waals surface area contributed by atoms with Crippen LogP contribution in [0.1, 0.15) is 47.0 Å². The standard InChI is InChI=1S/C23H28N4O3S/c1-13-6-7-29-20(13)22(28)24-10-19-21(18-8-14(2)25-15(3)9-18)31-23(26-19)27-11-16(4)30-17(5)12-27/h6-9,16-17H,10-12H2,1-5H3,(H,24,28)/t16-,17+. The Kier molecular flexibility index (Phi) is 6.11. The number of amides is 1. The quantitative estimate of drug-likeness (QED) is 0.638. The average molecular weight is 441 g/mol. The second-order valence-electron chi connectivity index (χ2n) is 8.19. The van der Waals surface area contributed by atoms with Crippen molar-refractivity contribution in [2.45, 2.75) is 53.4 Å². The predicted molar refractivity (Wildman–Crippen MR) is 122 cm³/mol. The lowest BCUT2D eigenvalue weighted by Crippen LogP contribution is -2.45. The zero-order chi connectivity index (χ0) is 22.1. The van der Waals surface area contributed by atoms with E-state index in [0.717, 1.165) is 51.3 Å². The fourth-order valence-corrected chi connectivity index (χ4v) is 5.06. The Bertz CT molecular complexity index is 1060. The zero-order valence-electron chi connectivity index (χ0n) is 18.6. The molecule has 1 fully saturated rings. The lowest BCUT2D eigenvalue weighted by Gasteiger charge is -2.35. The van der Waals surface area contributed by atoms with E-state index in [9.17, 15) is 4.79 Å². The molecule has 0 aliphatic carbocycles. The molecule has 0 saturated carbocycles. The van der Waals surface area contributed by atoms with Gasteiger partial charge in [0, 0.05) is 30.0 Å². The van der Waals surface area contributed by atoms with E-state index in [1.807, 2.05) is 20.8 Å². The van der Waals surface area contributed by atoms with Crippen molar-refractivity contribution >= 4 is 22.4 Å². The summed E-state index contributed by atoms with van der Waals surface area (Å²) < 4.78 is 11.2. The molecule has 0 bridgehead atoms. The Morgan fingerprint density at radius 1 is 1.16 bits per heavy atom. The minimum Gasteiger partial charge on any atom is -0.459 e. The molecule has 0 aromatic carbocycles. The van der Waals surface area contributed by atoms with Crippen molar-refractivity contribution in [3.05, 3.63) is 52.9 Å². The molecule has 3 aromatic heterocycles. The summed E-state index contributed by atoms with van der Waals surface area (Å²) in [6.07, 6.45) is 1.82. The third kappa shape index (κ3) is 4.80. The number of thiazole rings is 1. The maximum absolute atomic E-state index is 12.6. The molecule has 1 saturated heterocycles. The first-order valence-electron chi connectivity index (χ1n) is 10.5. The lowest BCUT2D eigenvalue weighted by molar-refractivity contribution is -0.00523. The number of ether oxygens (including phenoxy) is 1. The van der Waals surface area contributed by atoms with Gasteiger partial charge in [0.05, 0.1) is 35.6 Å². The third-order valence-corrected chi connectivity index (χ3v) is 6.41. The van der Waals surface area contributed by atoms with Crippen LogP contribution in [-0.2, 0) is 11.3 Å². The summed E-state index contributed by atoms with van der Waals surface area (Å²) in [6, 6.07) is 5.91. The van der Waals surface area contributed by atoms with Crippen LogP contribution < -0.4 is 10.2 Å². The molecule has 0 radical (unpaired) electrons. The number of carbonyl (C=O) groups excluding carboxylic acids is 1. The fraction of sp³-hybridized carbons (Fsp3) is 0.435. The molecule has 7 nitrogen and oxygen atoms in total. The molecule has 0 unspecified atom stereocenters. The highest BCUT2D eigenvalue weighted by Crippen LogP contribution is 2.36. The Morgan fingerprint density at radius 2 is 1.84 bits per heavy atom. The van der Waals surface area contributed by atoms with E-state index in [4.69, 9.17) is 14.1 Å². The summed E-state index contributed by atoms with van der Waals surface area (Å²) in [4.78, 5) is 25.3. The van der Waals surface area contributed by atoms with Gasteiger partial charge in [0.15, 0.2) is 10.9 Å². The SMILES string of the molecule is Cc1cc(-c2sc(N3C[C@@H](C)O[C@@H](C)C3)nc2CNC(=O)c2occc2C)cc(C)n1. The van der Waals surface area contributed by atoms with Crippen LogP contribution >= 0.6 is 11.3 Å². The molecule has 1 N–H and O–H groups in total. The van der Waals surface area contributed by atoms with Gasteiger partial charge in [-0.05, 0) is 58.4 Å². The Balaban J connectivity index is 1.65. The number of carbonyl (C=O) groups is 1. The maximum Gasteiger partial charge on any atom is 0.287 e. The molecule has 2 atom stereocenters. The van der Waals surface area contributed by atoms with Gasteiger partial charge in [-0.2, -0.15) is 0 Å². The van der Waals surface area contributed by atoms with Crippen molar-refractivity contribution in [1.29, 1.82) is 0 Å². The average Bonchev–Trinajstić information content (AvgIpc) is 3.31. The van der Waals surface area contributed by atoms with Crippen LogP contribution in [0, 0.1) is 20.8 Å². The van der Waals surface area contributed by atoms with E-state index < -0.39 is 0 Å². The van der Waals surface area contributed by atoms with Gasteiger partial charge in [-0.3, -0.25) is 9.78 Å². The molecule has 4 rings (SSSR count). The first kappa shape index (κ1) is 21.5. The van der Waals surface area contributed by atoms with Gasteiger partial charge in [0.25, 0.3) is 5.91 Å². The van der Waals surface area contributed by atoms with Crippen LogP contribution in [-0.4, -0.2) is 41.2 Å². The van der Waals surface area contributed by atoms with Crippen LogP contribution in [0.5, 0.6) is 0 Å². The van der Waals surface area contributed by atoms with Gasteiger partial charge >= 0.3 is 0 Å². The van der Waals surface area contributed by atoms with E-state index in [0.29, 0.717) is 12.3 Å². The third-order valence-electron chi connectivity index (χ3n) is 5.20. The van der Waals surface area contributed by atoms with Crippen molar-refractivity contribution in [3.63, 3.8) is 0 Å². The monoisotopic (exact) mass is 440 g/mol. The predicted octanol–water partition coefficient (Wildman–Crippen LogP) is 4.27. The van der Waals surface area contributed by atoms with E-state index in [2.05, 4.69) is 41.2 Å². The Morgan fingerprint density at radius 3 is 2.45 bits per heavy atom. The van der Waals surface area contributed by atoms with Crippen molar-refractivity contribution in [2.75, 3.05) is 18.0 Å². The normalized spacial score (nSPS) is 18.9. The fourth-order valence-electron chi connectivity index (χ4n) is 3.97. The van der Waals surface area contributed by atoms with Crippen LogP contribution in [0.2, 0.25) is 0 Å². The molecule has 1 aliphatic rings. The van der Waals surface area contributed by atoms with Crippen LogP contribution in [0.25, 0.3) is 10.4 Å². The molecular weight excluding hydrogens is 412 g/mol. The van der Waals surface area contributed by atoms with Crippen molar-refractivity contribution < 1.29 is 13.9 Å². The molecule has 8 heteroatoms. The smallest absolute Gasteiger partial charge is 0.287 e. The molecule has 1 amide bonds. The summed E-state index contributed by atoms with van der Waals surface area (Å²) in [5.74, 6) is 0.0992. The largest absolute Gasteiger partial charge is 0.459 e. The summed E-state index contributed by atoms with van der Waals surface area (Å²) in [5, 5.41) is 3.91. The summed E-state index contributed by atoms with van der Waals surface area (Å²) in [5.41, 5.74) is 4.64. The van der Waals surface area contributed by atoms with Crippen molar-refractivity contribution in [2.24, 2.45) is 0 Å². The van der Waals surface area contributed by atoms with Crippen molar-refractivity contribution in [1.82, 2.24) is 15.3 Å². The number of hydrogen-bond donors (Lipinski definition) is 1. The summed E-state index contributed by atoms with van der Waals surface area (Å²) in [7, 11) is 0. The molecule has 4 heterocycles. The number of aromatic nitrogens is 2. The van der Waals surface area contributed by atoms with Gasteiger partial charge in [0.2, 0.25) is 0 Å². The second kappa shape index (κ2) is 8.80. The van der Waals surface area contributed by atoms with Gasteiger partial charge in [-0.25, -0.2) is 4.98 Å². The highest BCUT2D eigenvalue weighted by atomic mass is 32.1. The molecule has 3 aromatic rings. The molecule has 0 spiro atoms. The van der Waals surface area contributed by atoms with Crippen LogP contribution in [0.3, 0.4) is 0 Å². The number of furan rings is 1. The van der Waals surface area contributed by atoms with Gasteiger partial charge < -0.3 is 19.4 Å². The summed E-state index contributed by atoms with van der Waals surface area (Å²) in [6.45, 7) is 11.9. The summed E-state index contributed by atoms with van der Waals surface area (Å²) >= 11 is 1.65. The minimum absolute atomic E-state index is 0.145. The lowest BCUT2D eigenvalue weighted by atomic mass is 10.1. The van der Waals surface area contributed by atoms with Gasteiger partial charge in [-0.1, -0.05) is 11.3 Å². The number of pyridine rings is 1. The molecule has 1 aliphatic heterocycles. The van der Waals surface area contributed by atoms with Gasteiger partial charge in [0.1, 0.15) is 0 Å². The van der Waals surface area contributed by atoms with Crippen LogP contribution in [0.4, 0.5) is 5.13 Å². The van der Waals surface area contributed by atoms with E-state index in [-0.39, 0.29) is 18.1 Å². The number of hydrogen-bond acceptors (Lipinski definition) is 7. The number of anilines is 1. The minimum atomic E-state index is -0.237. The number of rotatable bonds is 5. The van der Waals surface area contributed by atoms with E-state index in [1.165, 1.54) is 6.26 Å². The number of morpholine rings is 1. The number of nitrogens with one attached hydrogen (secondary N) is 1. The number of nitrogens with zero attached hydrogens (tertiary/aromatic N) is 3. The van der Waals surface area contributed by atoms with E-state index in [1.54, 1.807) is 17.4 Å². The van der Waals surface area contributed by atoms with Crippen LogP contribution in [0.15, 0.2) is 28.9 Å². The second-order valence-corrected chi connectivity index (χ2v) is 9.17. The number of aryl methyl sites for hydroxylation is 3. The Labute approximate surface area is 186 Å². The van der Waals surface area contributed by atoms with Crippen molar-refractivity contribution in [3.8, 4) is 10.4 Å². The first-order valence-corrected chi connectivity index (χ1v) is 11.3. The maximum atomic E-state index is 12.6. The molecule has 31 heavy (non-hydrogen) atoms. The highest BCUT2D eigenvalue weighted by Gasteiger charge is 2.26. The topological polar surface area (TPSA) is 80.5 Å². The molecular formula is C23H28N4O3S. The first-order chi connectivity index (χ1) is 14.8. The zero-order valence-corrected chi connectivity index (χ0v) is 19.4.